The number of carbonyl (C=O) groups excluding carboxylic acids is 1. The summed E-state index contributed by atoms with van der Waals surface area (Å²) in [5.41, 5.74) is 0.983. The second kappa shape index (κ2) is 7.75. The minimum absolute atomic E-state index is 0.0141. The molecule has 1 aromatic heterocycles. The molecule has 132 valence electrons. The van der Waals surface area contributed by atoms with E-state index in [2.05, 4.69) is 15.5 Å². The van der Waals surface area contributed by atoms with Gasteiger partial charge in [-0.05, 0) is 24.3 Å². The standard InChI is InChI=1S/C17H13ClN4O4/c18-14-4-2-1-3-13(14)17(23)19-10-9-15-20-16(21-26-15)11-5-7-12(8-6-11)22(24)25/h1-8H,9-10H2,(H,19,23). The fourth-order valence-electron chi connectivity index (χ4n) is 2.23. The zero-order chi connectivity index (χ0) is 18.5. The molecule has 0 aliphatic rings. The maximum Gasteiger partial charge on any atom is 0.269 e. The fourth-order valence-corrected chi connectivity index (χ4v) is 2.45. The number of non-ortho nitro benzene ring substituents is 1. The van der Waals surface area contributed by atoms with E-state index in [0.717, 1.165) is 0 Å². The second-order valence-corrected chi connectivity index (χ2v) is 5.71. The van der Waals surface area contributed by atoms with E-state index in [1.165, 1.54) is 12.1 Å². The molecule has 0 atom stereocenters. The molecule has 0 aliphatic carbocycles. The summed E-state index contributed by atoms with van der Waals surface area (Å²) in [4.78, 5) is 26.5. The van der Waals surface area contributed by atoms with Crippen molar-refractivity contribution in [2.75, 3.05) is 6.54 Å². The summed E-state index contributed by atoms with van der Waals surface area (Å²) in [5, 5.41) is 17.6. The van der Waals surface area contributed by atoms with Gasteiger partial charge in [0.25, 0.3) is 11.6 Å². The van der Waals surface area contributed by atoms with Gasteiger partial charge in [0.15, 0.2) is 0 Å². The second-order valence-electron chi connectivity index (χ2n) is 5.30. The van der Waals surface area contributed by atoms with Crippen LogP contribution in [-0.2, 0) is 6.42 Å². The average molecular weight is 373 g/mol. The van der Waals surface area contributed by atoms with E-state index in [1.54, 1.807) is 36.4 Å². The number of nitrogens with one attached hydrogen (secondary N) is 1. The first-order valence-electron chi connectivity index (χ1n) is 7.65. The quantitative estimate of drug-likeness (QED) is 0.525. The predicted molar refractivity (Wildman–Crippen MR) is 93.9 cm³/mol. The van der Waals surface area contributed by atoms with Crippen LogP contribution in [-0.4, -0.2) is 27.5 Å². The number of hydrogen-bond donors (Lipinski definition) is 1. The minimum atomic E-state index is -0.479. The van der Waals surface area contributed by atoms with Gasteiger partial charge in [-0.15, -0.1) is 0 Å². The molecule has 1 amide bonds. The molecule has 1 heterocycles. The SMILES string of the molecule is O=C(NCCc1nc(-c2ccc([N+](=O)[O-])cc2)no1)c1ccccc1Cl. The lowest BCUT2D eigenvalue weighted by molar-refractivity contribution is -0.384. The Bertz CT molecular complexity index is 940. The molecule has 2 aromatic carbocycles. The van der Waals surface area contributed by atoms with Gasteiger partial charge in [0.05, 0.1) is 15.5 Å². The number of halogens is 1. The van der Waals surface area contributed by atoms with Gasteiger partial charge in [-0.1, -0.05) is 28.9 Å². The number of rotatable bonds is 6. The highest BCUT2D eigenvalue weighted by Crippen LogP contribution is 2.20. The van der Waals surface area contributed by atoms with Crippen molar-refractivity contribution in [1.29, 1.82) is 0 Å². The molecule has 0 spiro atoms. The van der Waals surface area contributed by atoms with Crippen molar-refractivity contribution < 1.29 is 14.2 Å². The summed E-state index contributed by atoms with van der Waals surface area (Å²) >= 11 is 5.97. The van der Waals surface area contributed by atoms with Gasteiger partial charge in [0, 0.05) is 30.7 Å². The van der Waals surface area contributed by atoms with E-state index in [4.69, 9.17) is 16.1 Å². The fraction of sp³-hybridized carbons (Fsp3) is 0.118. The third-order valence-corrected chi connectivity index (χ3v) is 3.88. The zero-order valence-electron chi connectivity index (χ0n) is 13.4. The molecule has 0 fully saturated rings. The first kappa shape index (κ1) is 17.6. The van der Waals surface area contributed by atoms with E-state index in [9.17, 15) is 14.9 Å². The van der Waals surface area contributed by atoms with Crippen molar-refractivity contribution >= 4 is 23.2 Å². The van der Waals surface area contributed by atoms with Crippen LogP contribution in [0.2, 0.25) is 5.02 Å². The number of nitro benzene ring substituents is 1. The Morgan fingerprint density at radius 2 is 1.92 bits per heavy atom. The molecule has 0 saturated heterocycles. The summed E-state index contributed by atoms with van der Waals surface area (Å²) in [6.07, 6.45) is 0.343. The Kier molecular flexibility index (Phi) is 5.23. The Hall–Kier alpha value is -3.26. The number of aromatic nitrogens is 2. The smallest absolute Gasteiger partial charge is 0.269 e. The van der Waals surface area contributed by atoms with E-state index in [-0.39, 0.29) is 11.6 Å². The molecular weight excluding hydrogens is 360 g/mol. The summed E-state index contributed by atoms with van der Waals surface area (Å²) < 4.78 is 5.14. The van der Waals surface area contributed by atoms with Crippen LogP contribution in [0.15, 0.2) is 53.1 Å². The number of hydrogen-bond acceptors (Lipinski definition) is 6. The van der Waals surface area contributed by atoms with Crippen LogP contribution in [0.3, 0.4) is 0 Å². The lowest BCUT2D eigenvalue weighted by Crippen LogP contribution is -2.26. The first-order chi connectivity index (χ1) is 12.5. The summed E-state index contributed by atoms with van der Waals surface area (Å²) in [6, 6.07) is 12.6. The van der Waals surface area contributed by atoms with Crippen LogP contribution in [0.4, 0.5) is 5.69 Å². The molecular formula is C17H13ClN4O4. The van der Waals surface area contributed by atoms with Crippen LogP contribution in [0.1, 0.15) is 16.2 Å². The Labute approximate surface area is 152 Å². The van der Waals surface area contributed by atoms with E-state index in [1.807, 2.05) is 0 Å². The van der Waals surface area contributed by atoms with Crippen molar-refractivity contribution in [1.82, 2.24) is 15.5 Å². The monoisotopic (exact) mass is 372 g/mol. The molecule has 26 heavy (non-hydrogen) atoms. The average Bonchev–Trinajstić information content (AvgIpc) is 3.11. The molecule has 0 aliphatic heterocycles. The minimum Gasteiger partial charge on any atom is -0.351 e. The van der Waals surface area contributed by atoms with Crippen molar-refractivity contribution in [3.8, 4) is 11.4 Å². The summed E-state index contributed by atoms with van der Waals surface area (Å²) in [5.74, 6) is 0.385. The molecule has 0 unspecified atom stereocenters. The molecule has 3 rings (SSSR count). The number of benzene rings is 2. The van der Waals surface area contributed by atoms with Crippen LogP contribution in [0.25, 0.3) is 11.4 Å². The molecule has 0 bridgehead atoms. The van der Waals surface area contributed by atoms with Gasteiger partial charge < -0.3 is 9.84 Å². The molecule has 8 nitrogen and oxygen atoms in total. The number of nitrogens with zero attached hydrogens (tertiary/aromatic N) is 3. The summed E-state index contributed by atoms with van der Waals surface area (Å²) in [7, 11) is 0. The summed E-state index contributed by atoms with van der Waals surface area (Å²) in [6.45, 7) is 0.298. The van der Waals surface area contributed by atoms with E-state index >= 15 is 0 Å². The Balaban J connectivity index is 1.58. The van der Waals surface area contributed by atoms with Crippen molar-refractivity contribution in [2.24, 2.45) is 0 Å². The first-order valence-corrected chi connectivity index (χ1v) is 8.02. The molecule has 3 aromatic rings. The highest BCUT2D eigenvalue weighted by atomic mass is 35.5. The lowest BCUT2D eigenvalue weighted by atomic mass is 10.2. The van der Waals surface area contributed by atoms with Gasteiger partial charge in [0.1, 0.15) is 0 Å². The highest BCUT2D eigenvalue weighted by molar-refractivity contribution is 6.33. The maximum absolute atomic E-state index is 12.1. The molecule has 0 radical (unpaired) electrons. The zero-order valence-corrected chi connectivity index (χ0v) is 14.1. The number of nitro groups is 1. The van der Waals surface area contributed by atoms with E-state index < -0.39 is 4.92 Å². The van der Waals surface area contributed by atoms with Gasteiger partial charge in [-0.25, -0.2) is 0 Å². The molecule has 1 N–H and O–H groups in total. The molecule has 9 heteroatoms. The largest absolute Gasteiger partial charge is 0.351 e. The maximum atomic E-state index is 12.1. The van der Waals surface area contributed by atoms with Gasteiger partial charge in [0.2, 0.25) is 11.7 Å². The van der Waals surface area contributed by atoms with E-state index in [0.29, 0.717) is 40.8 Å². The normalized spacial score (nSPS) is 10.5. The lowest BCUT2D eigenvalue weighted by Gasteiger charge is -2.04. The number of carbonyl (C=O) groups is 1. The third-order valence-electron chi connectivity index (χ3n) is 3.55. The van der Waals surface area contributed by atoms with Crippen LogP contribution < -0.4 is 5.32 Å². The van der Waals surface area contributed by atoms with Gasteiger partial charge in [-0.3, -0.25) is 14.9 Å². The van der Waals surface area contributed by atoms with Crippen LogP contribution in [0.5, 0.6) is 0 Å². The Morgan fingerprint density at radius 1 is 1.19 bits per heavy atom. The third kappa shape index (κ3) is 4.04. The highest BCUT2D eigenvalue weighted by Gasteiger charge is 2.12. The topological polar surface area (TPSA) is 111 Å². The van der Waals surface area contributed by atoms with Crippen molar-refractivity contribution in [2.45, 2.75) is 6.42 Å². The van der Waals surface area contributed by atoms with Crippen LogP contribution >= 0.6 is 11.6 Å². The predicted octanol–water partition coefficient (Wildman–Crippen LogP) is 3.27. The van der Waals surface area contributed by atoms with Crippen molar-refractivity contribution in [3.05, 3.63) is 75.1 Å². The van der Waals surface area contributed by atoms with Gasteiger partial charge in [-0.2, -0.15) is 4.98 Å². The number of amides is 1. The van der Waals surface area contributed by atoms with Crippen LogP contribution in [0, 0.1) is 10.1 Å². The Morgan fingerprint density at radius 3 is 2.62 bits per heavy atom. The van der Waals surface area contributed by atoms with Gasteiger partial charge >= 0.3 is 0 Å². The molecule has 0 saturated carbocycles. The van der Waals surface area contributed by atoms with Crippen molar-refractivity contribution in [3.63, 3.8) is 0 Å².